The number of benzene rings is 2. The summed E-state index contributed by atoms with van der Waals surface area (Å²) in [5.74, 6) is 0.665. The van der Waals surface area contributed by atoms with Crippen LogP contribution in [0.4, 0.5) is 0 Å². The van der Waals surface area contributed by atoms with Gasteiger partial charge in [0, 0.05) is 6.42 Å². The van der Waals surface area contributed by atoms with Crippen molar-refractivity contribution in [2.75, 3.05) is 0 Å². The Hall–Kier alpha value is -1.60. The van der Waals surface area contributed by atoms with E-state index >= 15 is 0 Å². The fourth-order valence-corrected chi connectivity index (χ4v) is 2.60. The topological polar surface area (TPSA) is 20.2 Å². The lowest BCUT2D eigenvalue weighted by molar-refractivity contribution is 0.178. The highest BCUT2D eigenvalue weighted by Gasteiger charge is 2.09. The van der Waals surface area contributed by atoms with Crippen LogP contribution in [0.1, 0.15) is 49.1 Å². The van der Waals surface area contributed by atoms with Crippen molar-refractivity contribution in [2.24, 2.45) is 5.92 Å². The van der Waals surface area contributed by atoms with Crippen LogP contribution >= 0.6 is 0 Å². The molecule has 0 amide bonds. The molecule has 21 heavy (non-hydrogen) atoms. The van der Waals surface area contributed by atoms with Crippen LogP contribution in [0.3, 0.4) is 0 Å². The van der Waals surface area contributed by atoms with E-state index < -0.39 is 6.10 Å². The number of aryl methyl sites for hydroxylation is 1. The molecular formula is C20H26O. The van der Waals surface area contributed by atoms with Gasteiger partial charge in [0.2, 0.25) is 0 Å². The van der Waals surface area contributed by atoms with Gasteiger partial charge in [-0.25, -0.2) is 0 Å². The monoisotopic (exact) mass is 282 g/mol. The van der Waals surface area contributed by atoms with Crippen molar-refractivity contribution >= 4 is 0 Å². The van der Waals surface area contributed by atoms with E-state index in [0.717, 1.165) is 18.4 Å². The van der Waals surface area contributed by atoms with E-state index in [1.807, 2.05) is 0 Å². The normalized spacial score (nSPS) is 12.6. The minimum atomic E-state index is -0.425. The Morgan fingerprint density at radius 2 is 1.24 bits per heavy atom. The van der Waals surface area contributed by atoms with Crippen molar-refractivity contribution < 1.29 is 5.11 Å². The molecule has 0 saturated carbocycles. The van der Waals surface area contributed by atoms with Gasteiger partial charge in [-0.05, 0) is 41.0 Å². The van der Waals surface area contributed by atoms with Gasteiger partial charge in [0.1, 0.15) is 0 Å². The summed E-state index contributed by atoms with van der Waals surface area (Å²) in [5.41, 5.74) is 4.87. The zero-order valence-electron chi connectivity index (χ0n) is 13.3. The lowest BCUT2D eigenvalue weighted by atomic mass is 9.97. The third kappa shape index (κ3) is 4.71. The molecule has 2 rings (SSSR count). The first-order chi connectivity index (χ1) is 10.1. The summed E-state index contributed by atoms with van der Waals surface area (Å²) in [5, 5.41) is 10.4. The third-order valence-corrected chi connectivity index (χ3v) is 3.87. The Morgan fingerprint density at radius 3 is 1.76 bits per heavy atom. The highest BCUT2D eigenvalue weighted by molar-refractivity contribution is 5.28. The maximum absolute atomic E-state index is 10.4. The van der Waals surface area contributed by atoms with E-state index in [2.05, 4.69) is 69.3 Å². The highest BCUT2D eigenvalue weighted by Crippen LogP contribution is 2.20. The van der Waals surface area contributed by atoms with Crippen molar-refractivity contribution in [3.8, 4) is 0 Å². The largest absolute Gasteiger partial charge is 0.388 e. The first-order valence-corrected chi connectivity index (χ1v) is 7.93. The number of aliphatic hydroxyl groups is 1. The molecule has 0 aliphatic rings. The van der Waals surface area contributed by atoms with Gasteiger partial charge >= 0.3 is 0 Å². The molecule has 0 aliphatic carbocycles. The predicted octanol–water partition coefficient (Wildman–Crippen LogP) is 4.72. The minimum Gasteiger partial charge on any atom is -0.388 e. The Kier molecular flexibility index (Phi) is 5.58. The van der Waals surface area contributed by atoms with E-state index in [1.165, 1.54) is 16.7 Å². The fraction of sp³-hybridized carbons (Fsp3) is 0.400. The molecule has 2 aromatic carbocycles. The maximum atomic E-state index is 10.4. The number of aliphatic hydroxyl groups excluding tert-OH is 1. The summed E-state index contributed by atoms with van der Waals surface area (Å²) in [6.07, 6.45) is 2.40. The molecule has 2 aromatic rings. The lowest BCUT2D eigenvalue weighted by Crippen LogP contribution is -2.02. The molecular weight excluding hydrogens is 256 g/mol. The van der Waals surface area contributed by atoms with Crippen molar-refractivity contribution in [1.82, 2.24) is 0 Å². The number of rotatable bonds is 6. The minimum absolute atomic E-state index is 0.425. The van der Waals surface area contributed by atoms with Gasteiger partial charge in [0.15, 0.2) is 0 Å². The van der Waals surface area contributed by atoms with Crippen molar-refractivity contribution in [3.63, 3.8) is 0 Å². The SMILES string of the molecule is CCc1ccc(CC(O)c2ccc(CC(C)C)cc2)cc1. The average molecular weight is 282 g/mol. The van der Waals surface area contributed by atoms with E-state index in [0.29, 0.717) is 12.3 Å². The average Bonchev–Trinajstić information content (AvgIpc) is 2.48. The summed E-state index contributed by atoms with van der Waals surface area (Å²) in [6.45, 7) is 6.61. The van der Waals surface area contributed by atoms with Gasteiger partial charge < -0.3 is 5.11 Å². The molecule has 1 unspecified atom stereocenters. The van der Waals surface area contributed by atoms with Crippen LogP contribution in [-0.4, -0.2) is 5.11 Å². The standard InChI is InChI=1S/C20H26O/c1-4-16-5-7-18(8-6-16)14-20(21)19-11-9-17(10-12-19)13-15(2)3/h5-12,15,20-21H,4,13-14H2,1-3H3. The molecule has 0 aliphatic heterocycles. The van der Waals surface area contributed by atoms with Gasteiger partial charge in [-0.2, -0.15) is 0 Å². The Morgan fingerprint density at radius 1 is 0.762 bits per heavy atom. The summed E-state index contributed by atoms with van der Waals surface area (Å²) in [6, 6.07) is 16.9. The Bertz CT molecular complexity index is 537. The maximum Gasteiger partial charge on any atom is 0.0830 e. The molecule has 112 valence electrons. The molecule has 1 nitrogen and oxygen atoms in total. The molecule has 0 radical (unpaired) electrons. The highest BCUT2D eigenvalue weighted by atomic mass is 16.3. The Balaban J connectivity index is 2.00. The number of hydrogen-bond donors (Lipinski definition) is 1. The Labute approximate surface area is 128 Å². The van der Waals surface area contributed by atoms with Crippen LogP contribution in [0.25, 0.3) is 0 Å². The first kappa shape index (κ1) is 15.8. The van der Waals surface area contributed by atoms with Crippen molar-refractivity contribution in [3.05, 3.63) is 70.8 Å². The van der Waals surface area contributed by atoms with Crippen LogP contribution in [0.2, 0.25) is 0 Å². The van der Waals surface area contributed by atoms with Gasteiger partial charge in [0.25, 0.3) is 0 Å². The summed E-state index contributed by atoms with van der Waals surface area (Å²) < 4.78 is 0. The quantitative estimate of drug-likeness (QED) is 0.812. The lowest BCUT2D eigenvalue weighted by Gasteiger charge is -2.13. The van der Waals surface area contributed by atoms with Crippen LogP contribution in [-0.2, 0) is 19.3 Å². The molecule has 0 bridgehead atoms. The summed E-state index contributed by atoms with van der Waals surface area (Å²) in [7, 11) is 0. The van der Waals surface area contributed by atoms with E-state index in [9.17, 15) is 5.11 Å². The number of hydrogen-bond acceptors (Lipinski definition) is 1. The zero-order chi connectivity index (χ0) is 15.2. The van der Waals surface area contributed by atoms with Crippen LogP contribution in [0.5, 0.6) is 0 Å². The molecule has 0 fully saturated rings. The van der Waals surface area contributed by atoms with Crippen molar-refractivity contribution in [2.45, 2.75) is 46.1 Å². The molecule has 1 atom stereocenters. The first-order valence-electron chi connectivity index (χ1n) is 7.93. The zero-order valence-corrected chi connectivity index (χ0v) is 13.3. The van der Waals surface area contributed by atoms with Crippen LogP contribution in [0.15, 0.2) is 48.5 Å². The molecule has 1 N–H and O–H groups in total. The second-order valence-corrected chi connectivity index (χ2v) is 6.23. The predicted molar refractivity (Wildman–Crippen MR) is 89.5 cm³/mol. The van der Waals surface area contributed by atoms with Gasteiger partial charge in [-0.3, -0.25) is 0 Å². The summed E-state index contributed by atoms with van der Waals surface area (Å²) >= 11 is 0. The van der Waals surface area contributed by atoms with Gasteiger partial charge in [0.05, 0.1) is 6.10 Å². The smallest absolute Gasteiger partial charge is 0.0830 e. The van der Waals surface area contributed by atoms with Gasteiger partial charge in [-0.1, -0.05) is 69.3 Å². The molecule has 0 saturated heterocycles. The van der Waals surface area contributed by atoms with Crippen LogP contribution < -0.4 is 0 Å². The molecule has 0 heterocycles. The summed E-state index contributed by atoms with van der Waals surface area (Å²) in [4.78, 5) is 0. The molecule has 0 spiro atoms. The van der Waals surface area contributed by atoms with Crippen molar-refractivity contribution in [1.29, 1.82) is 0 Å². The van der Waals surface area contributed by atoms with E-state index in [-0.39, 0.29) is 0 Å². The van der Waals surface area contributed by atoms with E-state index in [4.69, 9.17) is 0 Å². The van der Waals surface area contributed by atoms with E-state index in [1.54, 1.807) is 0 Å². The second-order valence-electron chi connectivity index (χ2n) is 6.23. The second kappa shape index (κ2) is 7.42. The van der Waals surface area contributed by atoms with Gasteiger partial charge in [-0.15, -0.1) is 0 Å². The molecule has 0 aromatic heterocycles. The molecule has 1 heteroatoms. The van der Waals surface area contributed by atoms with Crippen LogP contribution in [0, 0.1) is 5.92 Å². The fourth-order valence-electron chi connectivity index (χ4n) is 2.60. The third-order valence-electron chi connectivity index (χ3n) is 3.87.